The molecule has 1 fully saturated rings. The van der Waals surface area contributed by atoms with Crippen LogP contribution >= 0.6 is 0 Å². The Labute approximate surface area is 114 Å². The van der Waals surface area contributed by atoms with Gasteiger partial charge in [-0.25, -0.2) is 4.39 Å². The van der Waals surface area contributed by atoms with E-state index in [9.17, 15) is 4.39 Å². The summed E-state index contributed by atoms with van der Waals surface area (Å²) >= 11 is 0. The van der Waals surface area contributed by atoms with Crippen LogP contribution < -0.4 is 10.6 Å². The minimum atomic E-state index is -0.198. The van der Waals surface area contributed by atoms with Crippen molar-refractivity contribution in [2.75, 3.05) is 24.5 Å². The maximum Gasteiger partial charge on any atom is 0.125 e. The molecule has 1 saturated heterocycles. The van der Waals surface area contributed by atoms with Crippen LogP contribution in [0.2, 0.25) is 0 Å². The van der Waals surface area contributed by atoms with Crippen molar-refractivity contribution >= 4 is 5.69 Å². The number of ether oxygens (including phenoxy) is 1. The maximum atomic E-state index is 13.3. The minimum absolute atomic E-state index is 0.198. The van der Waals surface area contributed by atoms with Gasteiger partial charge in [-0.05, 0) is 50.9 Å². The Morgan fingerprint density at radius 1 is 1.42 bits per heavy atom. The van der Waals surface area contributed by atoms with Gasteiger partial charge in [0.2, 0.25) is 0 Å². The first-order chi connectivity index (χ1) is 9.19. The van der Waals surface area contributed by atoms with E-state index in [4.69, 9.17) is 10.5 Å². The molecule has 1 aromatic carbocycles. The smallest absolute Gasteiger partial charge is 0.125 e. The van der Waals surface area contributed by atoms with E-state index >= 15 is 0 Å². The number of hydrogen-bond donors (Lipinski definition) is 1. The van der Waals surface area contributed by atoms with E-state index in [1.807, 2.05) is 6.07 Å². The van der Waals surface area contributed by atoms with Crippen molar-refractivity contribution < 1.29 is 9.13 Å². The summed E-state index contributed by atoms with van der Waals surface area (Å²) < 4.78 is 19.2. The van der Waals surface area contributed by atoms with Gasteiger partial charge in [0, 0.05) is 18.8 Å². The van der Waals surface area contributed by atoms with Gasteiger partial charge >= 0.3 is 0 Å². The van der Waals surface area contributed by atoms with E-state index in [1.54, 1.807) is 12.1 Å². The van der Waals surface area contributed by atoms with E-state index in [0.717, 1.165) is 38.0 Å². The lowest BCUT2D eigenvalue weighted by Crippen LogP contribution is -2.34. The van der Waals surface area contributed by atoms with Crippen molar-refractivity contribution in [2.24, 2.45) is 5.73 Å². The molecule has 3 nitrogen and oxygen atoms in total. The molecule has 1 aromatic rings. The van der Waals surface area contributed by atoms with E-state index in [1.165, 1.54) is 6.07 Å². The average molecular weight is 266 g/mol. The van der Waals surface area contributed by atoms with Gasteiger partial charge < -0.3 is 15.4 Å². The molecule has 0 amide bonds. The molecular weight excluding hydrogens is 243 g/mol. The summed E-state index contributed by atoms with van der Waals surface area (Å²) in [7, 11) is 0. The van der Waals surface area contributed by atoms with Gasteiger partial charge in [0.25, 0.3) is 0 Å². The Balaban J connectivity index is 2.02. The molecule has 0 aromatic heterocycles. The molecular formula is C15H23FN2O. The fourth-order valence-electron chi connectivity index (χ4n) is 2.55. The van der Waals surface area contributed by atoms with Gasteiger partial charge in [-0.1, -0.05) is 6.07 Å². The van der Waals surface area contributed by atoms with E-state index in [-0.39, 0.29) is 11.9 Å². The third kappa shape index (κ3) is 4.18. The highest BCUT2D eigenvalue weighted by Gasteiger charge is 2.24. The van der Waals surface area contributed by atoms with Crippen LogP contribution in [0.1, 0.15) is 26.2 Å². The fourth-order valence-corrected chi connectivity index (χ4v) is 2.55. The second-order valence-corrected chi connectivity index (χ2v) is 5.21. The average Bonchev–Trinajstić information content (AvgIpc) is 2.80. The Morgan fingerprint density at radius 3 is 2.89 bits per heavy atom. The Bertz CT molecular complexity index is 399. The molecule has 0 radical (unpaired) electrons. The van der Waals surface area contributed by atoms with Gasteiger partial charge in [0.15, 0.2) is 0 Å². The second kappa shape index (κ2) is 6.87. The molecule has 1 aliphatic rings. The molecule has 2 atom stereocenters. The normalized spacial score (nSPS) is 22.7. The van der Waals surface area contributed by atoms with Gasteiger partial charge in [0.05, 0.1) is 12.2 Å². The van der Waals surface area contributed by atoms with Crippen molar-refractivity contribution in [3.05, 3.63) is 30.1 Å². The zero-order valence-electron chi connectivity index (χ0n) is 11.5. The van der Waals surface area contributed by atoms with Crippen molar-refractivity contribution in [3.63, 3.8) is 0 Å². The Kier molecular flexibility index (Phi) is 5.16. The topological polar surface area (TPSA) is 38.5 Å². The van der Waals surface area contributed by atoms with Crippen LogP contribution in [0.4, 0.5) is 10.1 Å². The highest BCUT2D eigenvalue weighted by molar-refractivity contribution is 5.46. The van der Waals surface area contributed by atoms with Crippen molar-refractivity contribution in [3.8, 4) is 0 Å². The van der Waals surface area contributed by atoms with E-state index < -0.39 is 0 Å². The summed E-state index contributed by atoms with van der Waals surface area (Å²) in [6, 6.07) is 6.74. The van der Waals surface area contributed by atoms with Crippen LogP contribution in [-0.2, 0) is 4.74 Å². The largest absolute Gasteiger partial charge is 0.373 e. The summed E-state index contributed by atoms with van der Waals surface area (Å²) in [6.45, 7) is 4.40. The van der Waals surface area contributed by atoms with Gasteiger partial charge in [-0.2, -0.15) is 0 Å². The van der Waals surface area contributed by atoms with Gasteiger partial charge in [-0.15, -0.1) is 0 Å². The number of hydrogen-bond acceptors (Lipinski definition) is 3. The lowest BCUT2D eigenvalue weighted by Gasteiger charge is -2.27. The van der Waals surface area contributed by atoms with Crippen LogP contribution in [0.3, 0.4) is 0 Å². The molecule has 0 bridgehead atoms. The molecule has 2 N–H and O–H groups in total. The van der Waals surface area contributed by atoms with Crippen molar-refractivity contribution in [2.45, 2.75) is 38.4 Å². The van der Waals surface area contributed by atoms with Crippen LogP contribution in [-0.4, -0.2) is 31.8 Å². The zero-order chi connectivity index (χ0) is 13.7. The van der Waals surface area contributed by atoms with Gasteiger partial charge in [0.1, 0.15) is 5.82 Å². The molecule has 2 unspecified atom stereocenters. The monoisotopic (exact) mass is 266 g/mol. The van der Waals surface area contributed by atoms with Crippen LogP contribution in [0.5, 0.6) is 0 Å². The summed E-state index contributed by atoms with van der Waals surface area (Å²) in [4.78, 5) is 2.18. The SMILES string of the molecule is CC1CCC(CN(CCCN)c2cccc(F)c2)O1. The molecule has 1 aliphatic heterocycles. The van der Waals surface area contributed by atoms with Crippen LogP contribution in [0.25, 0.3) is 0 Å². The number of halogens is 1. The third-order valence-electron chi connectivity index (χ3n) is 3.55. The number of rotatable bonds is 6. The maximum absolute atomic E-state index is 13.3. The standard InChI is InChI=1S/C15H23FN2O/c1-12-6-7-15(19-12)11-18(9-3-8-17)14-5-2-4-13(16)10-14/h2,4-5,10,12,15H,3,6-9,11,17H2,1H3. The fraction of sp³-hybridized carbons (Fsp3) is 0.600. The van der Waals surface area contributed by atoms with Gasteiger partial charge in [-0.3, -0.25) is 0 Å². The first-order valence-electron chi connectivity index (χ1n) is 7.05. The molecule has 4 heteroatoms. The molecule has 19 heavy (non-hydrogen) atoms. The molecule has 2 rings (SSSR count). The minimum Gasteiger partial charge on any atom is -0.373 e. The summed E-state index contributed by atoms with van der Waals surface area (Å²) in [5.74, 6) is -0.198. The molecule has 106 valence electrons. The quantitative estimate of drug-likeness (QED) is 0.860. The number of anilines is 1. The van der Waals surface area contributed by atoms with E-state index in [2.05, 4.69) is 11.8 Å². The molecule has 0 aliphatic carbocycles. The zero-order valence-corrected chi connectivity index (χ0v) is 11.5. The van der Waals surface area contributed by atoms with Crippen molar-refractivity contribution in [1.29, 1.82) is 0 Å². The second-order valence-electron chi connectivity index (χ2n) is 5.21. The van der Waals surface area contributed by atoms with E-state index in [0.29, 0.717) is 12.6 Å². The van der Waals surface area contributed by atoms with Crippen molar-refractivity contribution in [1.82, 2.24) is 0 Å². The highest BCUT2D eigenvalue weighted by Crippen LogP contribution is 2.23. The van der Waals surface area contributed by atoms with Crippen LogP contribution in [0, 0.1) is 5.82 Å². The molecule has 0 saturated carbocycles. The molecule has 1 heterocycles. The summed E-state index contributed by atoms with van der Waals surface area (Å²) in [6.07, 6.45) is 3.68. The molecule has 0 spiro atoms. The number of nitrogens with zero attached hydrogens (tertiary/aromatic N) is 1. The predicted octanol–water partition coefficient (Wildman–Crippen LogP) is 2.55. The number of benzene rings is 1. The highest BCUT2D eigenvalue weighted by atomic mass is 19.1. The lowest BCUT2D eigenvalue weighted by atomic mass is 10.2. The first kappa shape index (κ1) is 14.3. The lowest BCUT2D eigenvalue weighted by molar-refractivity contribution is 0.0600. The Morgan fingerprint density at radius 2 is 2.26 bits per heavy atom. The number of nitrogens with two attached hydrogens (primary N) is 1. The van der Waals surface area contributed by atoms with Crippen LogP contribution in [0.15, 0.2) is 24.3 Å². The summed E-state index contributed by atoms with van der Waals surface area (Å²) in [5, 5.41) is 0. The Hall–Kier alpha value is -1.13. The first-order valence-corrected chi connectivity index (χ1v) is 7.05. The third-order valence-corrected chi connectivity index (χ3v) is 3.55. The summed E-state index contributed by atoms with van der Waals surface area (Å²) in [5.41, 5.74) is 6.50. The predicted molar refractivity (Wildman–Crippen MR) is 75.9 cm³/mol.